The Balaban J connectivity index is 1.88. The fraction of sp³-hybridized carbons (Fsp3) is 0.500. The van der Waals surface area contributed by atoms with Crippen LogP contribution in [-0.4, -0.2) is 16.2 Å². The Morgan fingerprint density at radius 2 is 2.14 bits per heavy atom. The summed E-state index contributed by atoms with van der Waals surface area (Å²) in [7, 11) is 0. The number of aromatic nitrogens is 1. The van der Waals surface area contributed by atoms with Gasteiger partial charge in [0.15, 0.2) is 0 Å². The van der Waals surface area contributed by atoms with Crippen molar-refractivity contribution in [1.29, 1.82) is 0 Å². The van der Waals surface area contributed by atoms with Gasteiger partial charge in [-0.3, -0.25) is 0 Å². The molecule has 2 atom stereocenters. The van der Waals surface area contributed by atoms with Gasteiger partial charge in [-0.2, -0.15) is 0 Å². The van der Waals surface area contributed by atoms with Gasteiger partial charge in [0.2, 0.25) is 5.88 Å². The largest absolute Gasteiger partial charge is 0.474 e. The lowest BCUT2D eigenvalue weighted by molar-refractivity contribution is 0.118. The van der Waals surface area contributed by atoms with Crippen molar-refractivity contribution < 1.29 is 9.84 Å². The minimum atomic E-state index is -0.0521. The lowest BCUT2D eigenvalue weighted by Gasteiger charge is -2.29. The zero-order valence-corrected chi connectivity index (χ0v) is 12.6. The second-order valence-corrected chi connectivity index (χ2v) is 5.98. The van der Waals surface area contributed by atoms with E-state index in [9.17, 15) is 5.11 Å². The summed E-state index contributed by atoms with van der Waals surface area (Å²) in [5, 5.41) is 11.5. The molecular formula is C18H23NO2. The molecule has 0 amide bonds. The van der Waals surface area contributed by atoms with E-state index in [1.165, 1.54) is 19.3 Å². The molecule has 1 aromatic carbocycles. The number of hydrogen-bond acceptors (Lipinski definition) is 3. The molecule has 0 aliphatic heterocycles. The first-order chi connectivity index (χ1) is 10.3. The molecule has 2 unspecified atom stereocenters. The molecule has 2 aromatic rings. The first kappa shape index (κ1) is 14.3. The van der Waals surface area contributed by atoms with Crippen molar-refractivity contribution in [2.75, 3.05) is 0 Å². The Kier molecular flexibility index (Phi) is 4.39. The van der Waals surface area contributed by atoms with Crippen LogP contribution in [0.3, 0.4) is 0 Å². The summed E-state index contributed by atoms with van der Waals surface area (Å²) in [4.78, 5) is 4.49. The van der Waals surface area contributed by atoms with E-state index >= 15 is 0 Å². The second-order valence-electron chi connectivity index (χ2n) is 5.98. The van der Waals surface area contributed by atoms with Crippen LogP contribution < -0.4 is 4.74 Å². The minimum absolute atomic E-state index is 0.0521. The van der Waals surface area contributed by atoms with Crippen LogP contribution in [0.15, 0.2) is 30.3 Å². The number of rotatable bonds is 4. The van der Waals surface area contributed by atoms with E-state index in [2.05, 4.69) is 11.9 Å². The standard InChI is InChI=1S/C18H23NO2/c1-2-13-6-5-8-16(10-13)21-18-17-9-4-3-7-14(17)11-15(12-20)19-18/h3-4,7,9,11,13,16,20H,2,5-6,8,10,12H2,1H3. The van der Waals surface area contributed by atoms with E-state index in [0.717, 1.165) is 29.5 Å². The molecule has 0 bridgehead atoms. The van der Waals surface area contributed by atoms with Crippen LogP contribution in [0.2, 0.25) is 0 Å². The van der Waals surface area contributed by atoms with Crippen molar-refractivity contribution in [1.82, 2.24) is 4.98 Å². The zero-order valence-electron chi connectivity index (χ0n) is 12.6. The average Bonchev–Trinajstić information content (AvgIpc) is 2.55. The summed E-state index contributed by atoms with van der Waals surface area (Å²) >= 11 is 0. The van der Waals surface area contributed by atoms with Crippen LogP contribution >= 0.6 is 0 Å². The maximum atomic E-state index is 9.39. The van der Waals surface area contributed by atoms with Crippen molar-refractivity contribution in [3.05, 3.63) is 36.0 Å². The molecule has 3 nitrogen and oxygen atoms in total. The summed E-state index contributed by atoms with van der Waals surface area (Å²) in [6, 6.07) is 10.0. The number of nitrogens with zero attached hydrogens (tertiary/aromatic N) is 1. The van der Waals surface area contributed by atoms with Crippen LogP contribution in [0.5, 0.6) is 5.88 Å². The van der Waals surface area contributed by atoms with Crippen molar-refractivity contribution in [2.45, 2.75) is 51.7 Å². The molecule has 1 aliphatic rings. The molecule has 21 heavy (non-hydrogen) atoms. The highest BCUT2D eigenvalue weighted by Gasteiger charge is 2.23. The van der Waals surface area contributed by atoms with Crippen molar-refractivity contribution in [3.8, 4) is 5.88 Å². The molecule has 0 radical (unpaired) electrons. The third kappa shape index (κ3) is 3.18. The van der Waals surface area contributed by atoms with E-state index in [0.29, 0.717) is 11.6 Å². The smallest absolute Gasteiger partial charge is 0.221 e. The number of pyridine rings is 1. The normalized spacial score (nSPS) is 22.4. The monoisotopic (exact) mass is 285 g/mol. The predicted molar refractivity (Wildman–Crippen MR) is 84.3 cm³/mol. The molecule has 3 heteroatoms. The lowest BCUT2D eigenvalue weighted by Crippen LogP contribution is -2.25. The summed E-state index contributed by atoms with van der Waals surface area (Å²) in [5.41, 5.74) is 0.673. The van der Waals surface area contributed by atoms with Crippen LogP contribution in [0.25, 0.3) is 10.8 Å². The summed E-state index contributed by atoms with van der Waals surface area (Å²) < 4.78 is 6.22. The highest BCUT2D eigenvalue weighted by molar-refractivity contribution is 5.87. The van der Waals surface area contributed by atoms with Gasteiger partial charge in [-0.1, -0.05) is 38.0 Å². The molecular weight excluding hydrogens is 262 g/mol. The molecule has 1 heterocycles. The SMILES string of the molecule is CCC1CCCC(Oc2nc(CO)cc3ccccc23)C1. The van der Waals surface area contributed by atoms with Gasteiger partial charge in [-0.05, 0) is 42.7 Å². The number of fused-ring (bicyclic) bond motifs is 1. The van der Waals surface area contributed by atoms with Gasteiger partial charge in [0.1, 0.15) is 6.10 Å². The predicted octanol–water partition coefficient (Wildman–Crippen LogP) is 4.07. The third-order valence-electron chi connectivity index (χ3n) is 4.51. The van der Waals surface area contributed by atoms with E-state index in [1.807, 2.05) is 30.3 Å². The Morgan fingerprint density at radius 3 is 2.95 bits per heavy atom. The quantitative estimate of drug-likeness (QED) is 0.920. The second kappa shape index (κ2) is 6.44. The van der Waals surface area contributed by atoms with Crippen molar-refractivity contribution in [3.63, 3.8) is 0 Å². The van der Waals surface area contributed by atoms with Crippen molar-refractivity contribution >= 4 is 10.8 Å². The van der Waals surface area contributed by atoms with Gasteiger partial charge >= 0.3 is 0 Å². The molecule has 0 saturated heterocycles. The van der Waals surface area contributed by atoms with Gasteiger partial charge in [-0.15, -0.1) is 0 Å². The number of benzene rings is 1. The Bertz CT molecular complexity index is 611. The summed E-state index contributed by atoms with van der Waals surface area (Å²) in [5.74, 6) is 1.45. The summed E-state index contributed by atoms with van der Waals surface area (Å²) in [6.45, 7) is 2.20. The minimum Gasteiger partial charge on any atom is -0.474 e. The Hall–Kier alpha value is -1.61. The van der Waals surface area contributed by atoms with Crippen LogP contribution in [0, 0.1) is 5.92 Å². The zero-order chi connectivity index (χ0) is 14.7. The average molecular weight is 285 g/mol. The highest BCUT2D eigenvalue weighted by Crippen LogP contribution is 2.32. The van der Waals surface area contributed by atoms with E-state index in [4.69, 9.17) is 4.74 Å². The van der Waals surface area contributed by atoms with Crippen LogP contribution in [-0.2, 0) is 6.61 Å². The molecule has 1 fully saturated rings. The van der Waals surface area contributed by atoms with Gasteiger partial charge < -0.3 is 9.84 Å². The maximum absolute atomic E-state index is 9.39. The Morgan fingerprint density at radius 1 is 1.29 bits per heavy atom. The van der Waals surface area contributed by atoms with Crippen molar-refractivity contribution in [2.24, 2.45) is 5.92 Å². The third-order valence-corrected chi connectivity index (χ3v) is 4.51. The fourth-order valence-electron chi connectivity index (χ4n) is 3.27. The summed E-state index contributed by atoms with van der Waals surface area (Å²) in [6.07, 6.45) is 6.27. The van der Waals surface area contributed by atoms with E-state index in [-0.39, 0.29) is 12.7 Å². The molecule has 0 spiro atoms. The molecule has 1 aliphatic carbocycles. The highest BCUT2D eigenvalue weighted by atomic mass is 16.5. The van der Waals surface area contributed by atoms with Gasteiger partial charge in [0.25, 0.3) is 0 Å². The van der Waals surface area contributed by atoms with Gasteiger partial charge in [-0.25, -0.2) is 4.98 Å². The molecule has 1 saturated carbocycles. The number of ether oxygens (including phenoxy) is 1. The lowest BCUT2D eigenvalue weighted by atomic mass is 9.85. The van der Waals surface area contributed by atoms with Gasteiger partial charge in [0, 0.05) is 5.39 Å². The first-order valence-electron chi connectivity index (χ1n) is 7.96. The first-order valence-corrected chi connectivity index (χ1v) is 7.96. The fourth-order valence-corrected chi connectivity index (χ4v) is 3.27. The molecule has 1 aromatic heterocycles. The van der Waals surface area contributed by atoms with E-state index in [1.54, 1.807) is 0 Å². The van der Waals surface area contributed by atoms with Gasteiger partial charge in [0.05, 0.1) is 12.3 Å². The number of aliphatic hydroxyl groups is 1. The maximum Gasteiger partial charge on any atom is 0.221 e. The molecule has 3 rings (SSSR count). The molecule has 1 N–H and O–H groups in total. The number of aliphatic hydroxyl groups excluding tert-OH is 1. The van der Waals surface area contributed by atoms with E-state index < -0.39 is 0 Å². The topological polar surface area (TPSA) is 42.4 Å². The number of hydrogen-bond donors (Lipinski definition) is 1. The molecule has 112 valence electrons. The Labute approximate surface area is 126 Å². The van der Waals surface area contributed by atoms with Crippen LogP contribution in [0.4, 0.5) is 0 Å². The van der Waals surface area contributed by atoms with Crippen LogP contribution in [0.1, 0.15) is 44.7 Å².